The van der Waals surface area contributed by atoms with Crippen LogP contribution in [0, 0.1) is 0 Å². The highest BCUT2D eigenvalue weighted by molar-refractivity contribution is 5.78. The number of H-pyrrole nitrogens is 1. The van der Waals surface area contributed by atoms with Gasteiger partial charge in [-0.2, -0.15) is 5.10 Å². The van der Waals surface area contributed by atoms with Crippen LogP contribution in [0.5, 0.6) is 0 Å². The number of nitrogens with zero attached hydrogens (tertiary/aromatic N) is 5. The zero-order chi connectivity index (χ0) is 13.5. The second-order valence-electron chi connectivity index (χ2n) is 4.41. The summed E-state index contributed by atoms with van der Waals surface area (Å²) in [6.45, 7) is 0. The number of aromatic nitrogens is 6. The smallest absolute Gasteiger partial charge is 0.331 e. The number of carboxylic acids is 1. The predicted octanol–water partition coefficient (Wildman–Crippen LogP) is -0.613. The summed E-state index contributed by atoms with van der Waals surface area (Å²) in [6, 6.07) is 2.74. The summed E-state index contributed by atoms with van der Waals surface area (Å²) < 4.78 is 1.28. The van der Waals surface area contributed by atoms with Crippen LogP contribution in [0.25, 0.3) is 11.5 Å². The Bertz CT molecular complexity index is 666. The van der Waals surface area contributed by atoms with Gasteiger partial charge in [-0.15, -0.1) is 5.10 Å². The van der Waals surface area contributed by atoms with Gasteiger partial charge in [-0.05, 0) is 35.8 Å². The van der Waals surface area contributed by atoms with E-state index in [1.165, 1.54) is 16.8 Å². The molecule has 19 heavy (non-hydrogen) atoms. The van der Waals surface area contributed by atoms with Crippen molar-refractivity contribution in [2.75, 3.05) is 0 Å². The molecule has 0 atom stereocenters. The van der Waals surface area contributed by atoms with Gasteiger partial charge in [0.1, 0.15) is 5.69 Å². The fourth-order valence-electron chi connectivity index (χ4n) is 2.13. The molecule has 1 aliphatic carbocycles. The van der Waals surface area contributed by atoms with Gasteiger partial charge in [0.25, 0.3) is 5.56 Å². The minimum Gasteiger partial charge on any atom is -0.479 e. The Hall–Kier alpha value is -2.58. The summed E-state index contributed by atoms with van der Waals surface area (Å²) in [5.41, 5.74) is -1.12. The zero-order valence-corrected chi connectivity index (χ0v) is 9.78. The molecule has 0 bridgehead atoms. The molecule has 3 rings (SSSR count). The molecule has 2 aromatic heterocycles. The fourth-order valence-corrected chi connectivity index (χ4v) is 2.13. The number of carbonyl (C=O) groups is 1. The molecule has 98 valence electrons. The Labute approximate surface area is 106 Å². The van der Waals surface area contributed by atoms with Crippen LogP contribution in [0.15, 0.2) is 16.9 Å². The van der Waals surface area contributed by atoms with Gasteiger partial charge in [0, 0.05) is 6.07 Å². The van der Waals surface area contributed by atoms with Gasteiger partial charge >= 0.3 is 5.97 Å². The monoisotopic (exact) mass is 262 g/mol. The van der Waals surface area contributed by atoms with Crippen molar-refractivity contribution in [3.05, 3.63) is 22.5 Å². The van der Waals surface area contributed by atoms with Crippen LogP contribution in [0.2, 0.25) is 0 Å². The van der Waals surface area contributed by atoms with Gasteiger partial charge < -0.3 is 5.11 Å². The topological polar surface area (TPSA) is 127 Å². The first-order valence-corrected chi connectivity index (χ1v) is 5.72. The first-order chi connectivity index (χ1) is 9.13. The van der Waals surface area contributed by atoms with Crippen LogP contribution in [-0.4, -0.2) is 41.5 Å². The lowest BCUT2D eigenvalue weighted by Crippen LogP contribution is -2.48. The summed E-state index contributed by atoms with van der Waals surface area (Å²) in [5, 5.41) is 26.6. The first-order valence-electron chi connectivity index (χ1n) is 5.72. The number of hydrogen-bond acceptors (Lipinski definition) is 6. The van der Waals surface area contributed by atoms with E-state index in [-0.39, 0.29) is 11.4 Å². The molecule has 0 amide bonds. The van der Waals surface area contributed by atoms with Gasteiger partial charge in [-0.25, -0.2) is 14.6 Å². The van der Waals surface area contributed by atoms with Crippen molar-refractivity contribution < 1.29 is 9.90 Å². The van der Waals surface area contributed by atoms with Gasteiger partial charge in [0.05, 0.1) is 0 Å². The molecule has 2 aromatic rings. The molecule has 9 heteroatoms. The molecule has 2 N–H and O–H groups in total. The molecule has 1 aliphatic rings. The lowest BCUT2D eigenvalue weighted by atomic mass is 9.77. The summed E-state index contributed by atoms with van der Waals surface area (Å²) in [5.74, 6) is -0.727. The number of hydrogen-bond donors (Lipinski definition) is 2. The molecule has 0 aromatic carbocycles. The Morgan fingerprint density at radius 3 is 2.74 bits per heavy atom. The van der Waals surface area contributed by atoms with E-state index in [0.29, 0.717) is 18.5 Å². The predicted molar refractivity (Wildman–Crippen MR) is 61.1 cm³/mol. The highest BCUT2D eigenvalue weighted by Crippen LogP contribution is 2.40. The normalized spacial score (nSPS) is 16.8. The fraction of sp³-hybridized carbons (Fsp3) is 0.400. The maximum absolute atomic E-state index is 11.4. The minimum atomic E-state index is -1.10. The van der Waals surface area contributed by atoms with Gasteiger partial charge in [0.2, 0.25) is 5.82 Å². The highest BCUT2D eigenvalue weighted by Gasteiger charge is 2.49. The van der Waals surface area contributed by atoms with Gasteiger partial charge in [-0.3, -0.25) is 4.79 Å². The van der Waals surface area contributed by atoms with Crippen molar-refractivity contribution in [2.24, 2.45) is 0 Å². The number of tetrazole rings is 1. The van der Waals surface area contributed by atoms with Gasteiger partial charge in [-0.1, -0.05) is 0 Å². The maximum Gasteiger partial charge on any atom is 0.331 e. The lowest BCUT2D eigenvalue weighted by molar-refractivity contribution is -0.153. The molecule has 0 saturated heterocycles. The SMILES string of the molecule is O=C(O)C1(n2nnnc2-c2ccc(=O)[nH]n2)CCC1. The van der Waals surface area contributed by atoms with E-state index < -0.39 is 11.5 Å². The summed E-state index contributed by atoms with van der Waals surface area (Å²) in [6.07, 6.45) is 1.76. The summed E-state index contributed by atoms with van der Waals surface area (Å²) in [4.78, 5) is 22.4. The molecule has 9 nitrogen and oxygen atoms in total. The van der Waals surface area contributed by atoms with E-state index in [9.17, 15) is 14.7 Å². The average molecular weight is 262 g/mol. The van der Waals surface area contributed by atoms with E-state index in [1.807, 2.05) is 0 Å². The molecular weight excluding hydrogens is 252 g/mol. The molecule has 0 unspecified atom stereocenters. The molecule has 1 fully saturated rings. The third-order valence-corrected chi connectivity index (χ3v) is 3.36. The van der Waals surface area contributed by atoms with E-state index in [0.717, 1.165) is 6.42 Å². The Morgan fingerprint density at radius 1 is 1.42 bits per heavy atom. The van der Waals surface area contributed by atoms with Crippen molar-refractivity contribution in [3.63, 3.8) is 0 Å². The quantitative estimate of drug-likeness (QED) is 0.755. The molecular formula is C10H10N6O3. The molecule has 0 aliphatic heterocycles. The average Bonchev–Trinajstić information content (AvgIpc) is 2.77. The number of aliphatic carboxylic acids is 1. The number of rotatable bonds is 3. The van der Waals surface area contributed by atoms with E-state index >= 15 is 0 Å². The van der Waals surface area contributed by atoms with E-state index in [2.05, 4.69) is 25.7 Å². The second-order valence-corrected chi connectivity index (χ2v) is 4.41. The Balaban J connectivity index is 2.10. The minimum absolute atomic E-state index is 0.235. The van der Waals surface area contributed by atoms with Crippen LogP contribution in [0.3, 0.4) is 0 Å². The van der Waals surface area contributed by atoms with E-state index in [1.54, 1.807) is 0 Å². The van der Waals surface area contributed by atoms with Crippen LogP contribution < -0.4 is 5.56 Å². The number of nitrogens with one attached hydrogen (secondary N) is 1. The summed E-state index contributed by atoms with van der Waals surface area (Å²) >= 11 is 0. The zero-order valence-electron chi connectivity index (χ0n) is 9.78. The third-order valence-electron chi connectivity index (χ3n) is 3.36. The lowest BCUT2D eigenvalue weighted by Gasteiger charge is -2.37. The molecule has 0 spiro atoms. The molecule has 2 heterocycles. The van der Waals surface area contributed by atoms with Crippen LogP contribution in [0.1, 0.15) is 19.3 Å². The van der Waals surface area contributed by atoms with Crippen molar-refractivity contribution in [3.8, 4) is 11.5 Å². The highest BCUT2D eigenvalue weighted by atomic mass is 16.4. The standard InChI is InChI=1S/C10H10N6O3/c17-7-3-2-6(11-12-7)8-13-14-15-16(8)10(9(18)19)4-1-5-10/h2-3H,1,4-5H2,(H,12,17)(H,18,19). The second kappa shape index (κ2) is 3.97. The van der Waals surface area contributed by atoms with Crippen molar-refractivity contribution >= 4 is 5.97 Å². The largest absolute Gasteiger partial charge is 0.479 e. The van der Waals surface area contributed by atoms with Gasteiger partial charge in [0.15, 0.2) is 5.54 Å². The first kappa shape index (κ1) is 11.5. The van der Waals surface area contributed by atoms with Crippen molar-refractivity contribution in [2.45, 2.75) is 24.8 Å². The molecule has 1 saturated carbocycles. The number of carboxylic acid groups (broad SMARTS) is 1. The van der Waals surface area contributed by atoms with Crippen LogP contribution in [0.4, 0.5) is 0 Å². The van der Waals surface area contributed by atoms with E-state index in [4.69, 9.17) is 0 Å². The van der Waals surface area contributed by atoms with Crippen LogP contribution >= 0.6 is 0 Å². The molecule has 0 radical (unpaired) electrons. The third kappa shape index (κ3) is 1.62. The Kier molecular flexibility index (Phi) is 2.40. The Morgan fingerprint density at radius 2 is 2.21 bits per heavy atom. The maximum atomic E-state index is 11.4. The van der Waals surface area contributed by atoms with Crippen LogP contribution in [-0.2, 0) is 10.3 Å². The number of aromatic amines is 1. The van der Waals surface area contributed by atoms with Crippen molar-refractivity contribution in [1.82, 2.24) is 30.4 Å². The summed E-state index contributed by atoms with van der Waals surface area (Å²) in [7, 11) is 0. The van der Waals surface area contributed by atoms with Crippen molar-refractivity contribution in [1.29, 1.82) is 0 Å².